The lowest BCUT2D eigenvalue weighted by Crippen LogP contribution is -2.47. The summed E-state index contributed by atoms with van der Waals surface area (Å²) < 4.78 is 17.7. The second-order valence-electron chi connectivity index (χ2n) is 7.62. The van der Waals surface area contributed by atoms with Crippen molar-refractivity contribution in [2.45, 2.75) is 39.4 Å². The van der Waals surface area contributed by atoms with Gasteiger partial charge in [-0.1, -0.05) is 29.3 Å². The van der Waals surface area contributed by atoms with Gasteiger partial charge in [-0.2, -0.15) is 0 Å². The molecule has 2 aliphatic heterocycles. The summed E-state index contributed by atoms with van der Waals surface area (Å²) >= 11 is 0. The average molecular weight is 381 g/mol. The molecule has 0 N–H and O–H groups in total. The number of anilines is 1. The smallest absolute Gasteiger partial charge is 0.292 e. The van der Waals surface area contributed by atoms with Crippen molar-refractivity contribution in [2.24, 2.45) is 0 Å². The summed E-state index contributed by atoms with van der Waals surface area (Å²) in [7, 11) is 0. The Labute approximate surface area is 166 Å². The molecular weight excluding hydrogens is 354 g/mol. The first-order valence-electron chi connectivity index (χ1n) is 9.92. The number of carbonyl (C=O) groups excluding carboxylic acids is 1. The third kappa shape index (κ3) is 3.29. The van der Waals surface area contributed by atoms with Gasteiger partial charge in [-0.15, -0.1) is 0 Å². The molecule has 1 fully saturated rings. The second kappa shape index (κ2) is 7.57. The highest BCUT2D eigenvalue weighted by atomic mass is 16.7. The molecule has 0 aromatic heterocycles. The Kier molecular flexibility index (Phi) is 5.13. The van der Waals surface area contributed by atoms with Gasteiger partial charge < -0.3 is 19.1 Å². The van der Waals surface area contributed by atoms with E-state index in [-0.39, 0.29) is 5.91 Å². The molecule has 0 unspecified atom stereocenters. The molecule has 0 radical (unpaired) electrons. The Bertz CT molecular complexity index is 869. The van der Waals surface area contributed by atoms with E-state index in [9.17, 15) is 4.79 Å². The van der Waals surface area contributed by atoms with Gasteiger partial charge in [0.1, 0.15) is 5.75 Å². The number of hydrogen-bond donors (Lipinski definition) is 0. The van der Waals surface area contributed by atoms with Crippen LogP contribution in [-0.4, -0.2) is 32.3 Å². The molecule has 0 atom stereocenters. The molecule has 0 bridgehead atoms. The van der Waals surface area contributed by atoms with Crippen molar-refractivity contribution in [3.05, 3.63) is 58.7 Å². The quantitative estimate of drug-likeness (QED) is 0.734. The maximum Gasteiger partial charge on any atom is 0.292 e. The van der Waals surface area contributed by atoms with Gasteiger partial charge in [0, 0.05) is 12.1 Å². The van der Waals surface area contributed by atoms with Gasteiger partial charge in [0.05, 0.1) is 25.5 Å². The molecule has 1 spiro atoms. The van der Waals surface area contributed by atoms with E-state index in [0.29, 0.717) is 26.4 Å². The Hall–Kier alpha value is -2.37. The number of carbonyl (C=O) groups is 1. The molecule has 4 rings (SSSR count). The van der Waals surface area contributed by atoms with Crippen LogP contribution in [0.15, 0.2) is 36.4 Å². The maximum atomic E-state index is 13.3. The molecule has 0 aliphatic carbocycles. The van der Waals surface area contributed by atoms with E-state index in [2.05, 4.69) is 13.0 Å². The van der Waals surface area contributed by atoms with E-state index in [1.165, 1.54) is 5.56 Å². The molecular formula is C23H27NO4. The molecule has 1 amide bonds. The first kappa shape index (κ1) is 19.0. The molecule has 2 aromatic rings. The van der Waals surface area contributed by atoms with Gasteiger partial charge in [-0.05, 0) is 57.4 Å². The topological polar surface area (TPSA) is 48.0 Å². The highest BCUT2D eigenvalue weighted by molar-refractivity contribution is 6.07. The summed E-state index contributed by atoms with van der Waals surface area (Å²) in [4.78, 5) is 15.2. The van der Waals surface area contributed by atoms with Crippen molar-refractivity contribution in [1.29, 1.82) is 0 Å². The molecule has 2 aromatic carbocycles. The molecule has 5 nitrogen and oxygen atoms in total. The van der Waals surface area contributed by atoms with Crippen LogP contribution in [0.4, 0.5) is 5.69 Å². The van der Waals surface area contributed by atoms with E-state index in [4.69, 9.17) is 14.2 Å². The first-order valence-corrected chi connectivity index (χ1v) is 9.92. The zero-order valence-electron chi connectivity index (χ0n) is 16.8. The van der Waals surface area contributed by atoms with Crippen LogP contribution in [0.3, 0.4) is 0 Å². The molecule has 1 saturated heterocycles. The summed E-state index contributed by atoms with van der Waals surface area (Å²) in [6, 6.07) is 12.1. The Morgan fingerprint density at radius 3 is 2.46 bits per heavy atom. The summed E-state index contributed by atoms with van der Waals surface area (Å²) in [5.74, 6) is -0.547. The molecule has 0 saturated carbocycles. The minimum absolute atomic E-state index is 0.119. The SMILES string of the molecule is Cc1ccc(OCCCN2C(=O)C3(OCCCO3)c3cc(C)cc(C)c32)cc1. The predicted octanol–water partition coefficient (Wildman–Crippen LogP) is 4.02. The van der Waals surface area contributed by atoms with Gasteiger partial charge in [0.2, 0.25) is 0 Å². The minimum atomic E-state index is -1.28. The van der Waals surface area contributed by atoms with Gasteiger partial charge in [0.15, 0.2) is 0 Å². The van der Waals surface area contributed by atoms with Gasteiger partial charge in [-0.25, -0.2) is 0 Å². The monoisotopic (exact) mass is 381 g/mol. The van der Waals surface area contributed by atoms with Crippen molar-refractivity contribution in [3.63, 3.8) is 0 Å². The molecule has 148 valence electrons. The Morgan fingerprint density at radius 2 is 1.75 bits per heavy atom. The zero-order chi connectivity index (χ0) is 19.7. The second-order valence-corrected chi connectivity index (χ2v) is 7.62. The van der Waals surface area contributed by atoms with Gasteiger partial charge in [0.25, 0.3) is 11.7 Å². The number of hydrogen-bond acceptors (Lipinski definition) is 4. The lowest BCUT2D eigenvalue weighted by atomic mass is 10.00. The largest absolute Gasteiger partial charge is 0.494 e. The van der Waals surface area contributed by atoms with Crippen LogP contribution in [0.1, 0.15) is 35.1 Å². The van der Waals surface area contributed by atoms with Crippen LogP contribution in [0, 0.1) is 20.8 Å². The van der Waals surface area contributed by atoms with Crippen LogP contribution in [-0.2, 0) is 20.1 Å². The highest BCUT2D eigenvalue weighted by Crippen LogP contribution is 2.47. The van der Waals surface area contributed by atoms with Gasteiger partial charge in [-0.3, -0.25) is 4.79 Å². The van der Waals surface area contributed by atoms with E-state index in [1.54, 1.807) is 0 Å². The fourth-order valence-corrected chi connectivity index (χ4v) is 4.04. The number of fused-ring (bicyclic) bond motifs is 2. The third-order valence-corrected chi connectivity index (χ3v) is 5.31. The maximum absolute atomic E-state index is 13.3. The summed E-state index contributed by atoms with van der Waals surface area (Å²) in [5.41, 5.74) is 5.14. The molecule has 5 heteroatoms. The highest BCUT2D eigenvalue weighted by Gasteiger charge is 2.55. The number of rotatable bonds is 5. The molecule has 28 heavy (non-hydrogen) atoms. The van der Waals surface area contributed by atoms with Crippen molar-refractivity contribution < 1.29 is 19.0 Å². The molecule has 2 heterocycles. The first-order chi connectivity index (χ1) is 13.5. The summed E-state index contributed by atoms with van der Waals surface area (Å²) in [6.07, 6.45) is 1.53. The fraction of sp³-hybridized carbons (Fsp3) is 0.435. The van der Waals surface area contributed by atoms with Gasteiger partial charge >= 0.3 is 0 Å². The predicted molar refractivity (Wildman–Crippen MR) is 108 cm³/mol. The van der Waals surface area contributed by atoms with Crippen molar-refractivity contribution >= 4 is 11.6 Å². The van der Waals surface area contributed by atoms with Crippen LogP contribution >= 0.6 is 0 Å². The number of amides is 1. The van der Waals surface area contributed by atoms with E-state index in [0.717, 1.165) is 41.0 Å². The Balaban J connectivity index is 1.51. The van der Waals surface area contributed by atoms with Crippen LogP contribution in [0.2, 0.25) is 0 Å². The Morgan fingerprint density at radius 1 is 1.04 bits per heavy atom. The number of benzene rings is 2. The van der Waals surface area contributed by atoms with Crippen molar-refractivity contribution in [1.82, 2.24) is 0 Å². The average Bonchev–Trinajstić information content (AvgIpc) is 2.90. The van der Waals surface area contributed by atoms with Crippen molar-refractivity contribution in [3.8, 4) is 5.75 Å². The number of aryl methyl sites for hydroxylation is 3. The van der Waals surface area contributed by atoms with E-state index >= 15 is 0 Å². The number of ether oxygens (including phenoxy) is 3. The van der Waals surface area contributed by atoms with E-state index < -0.39 is 5.79 Å². The lowest BCUT2D eigenvalue weighted by molar-refractivity contribution is -0.256. The summed E-state index contributed by atoms with van der Waals surface area (Å²) in [5, 5.41) is 0. The fourth-order valence-electron chi connectivity index (χ4n) is 4.04. The molecule has 2 aliphatic rings. The normalized spacial score (nSPS) is 17.8. The van der Waals surface area contributed by atoms with Crippen LogP contribution in [0.5, 0.6) is 5.75 Å². The zero-order valence-corrected chi connectivity index (χ0v) is 16.8. The number of nitrogens with zero attached hydrogens (tertiary/aromatic N) is 1. The van der Waals surface area contributed by atoms with E-state index in [1.807, 2.05) is 49.1 Å². The third-order valence-electron chi connectivity index (χ3n) is 5.31. The standard InChI is InChI=1S/C23H27NO4/c1-16-6-8-19(9-7-16)26-11-4-10-24-21-18(3)14-17(2)15-20(21)23(22(24)25)27-12-5-13-28-23/h6-9,14-15H,4-5,10-13H2,1-3H3. The van der Waals surface area contributed by atoms with Crippen LogP contribution < -0.4 is 9.64 Å². The summed E-state index contributed by atoms with van der Waals surface area (Å²) in [6.45, 7) is 8.29. The van der Waals surface area contributed by atoms with Crippen LogP contribution in [0.25, 0.3) is 0 Å². The van der Waals surface area contributed by atoms with Crippen molar-refractivity contribution in [2.75, 3.05) is 31.3 Å². The lowest BCUT2D eigenvalue weighted by Gasteiger charge is -2.32. The minimum Gasteiger partial charge on any atom is -0.494 e.